The molecule has 25 heavy (non-hydrogen) atoms. The number of ether oxygens (including phenoxy) is 1. The molecule has 1 N–H and O–H groups in total. The number of carbonyl (C=O) groups is 2. The van der Waals surface area contributed by atoms with E-state index in [2.05, 4.69) is 10.2 Å². The van der Waals surface area contributed by atoms with E-state index in [9.17, 15) is 14.7 Å². The Balaban J connectivity index is 1.94. The lowest BCUT2D eigenvalue weighted by molar-refractivity contribution is -0.159. The number of carboxylic acids is 1. The lowest BCUT2D eigenvalue weighted by Crippen LogP contribution is -2.52. The number of nitrogens with zero attached hydrogens (tertiary/aromatic N) is 4. The lowest BCUT2D eigenvalue weighted by atomic mass is 10.1. The molecule has 0 radical (unpaired) electrons. The van der Waals surface area contributed by atoms with Crippen LogP contribution in [0.3, 0.4) is 0 Å². The molecule has 0 aliphatic carbocycles. The first-order valence-electron chi connectivity index (χ1n) is 8.11. The Bertz CT molecular complexity index is 774. The van der Waals surface area contributed by atoms with Crippen LogP contribution in [0.25, 0.3) is 0 Å². The van der Waals surface area contributed by atoms with Gasteiger partial charge >= 0.3 is 5.97 Å². The number of rotatable bonds is 5. The smallest absolute Gasteiger partial charge is 0.328 e. The second kappa shape index (κ2) is 7.02. The predicted octanol–water partition coefficient (Wildman–Crippen LogP) is 1.16. The van der Waals surface area contributed by atoms with Crippen LogP contribution in [-0.2, 0) is 27.4 Å². The molecule has 2 atom stereocenters. The van der Waals surface area contributed by atoms with E-state index >= 15 is 0 Å². The van der Waals surface area contributed by atoms with Gasteiger partial charge in [-0.15, -0.1) is 10.2 Å². The second-order valence-electron chi connectivity index (χ2n) is 5.84. The van der Waals surface area contributed by atoms with Crippen LogP contribution in [0.4, 0.5) is 0 Å². The van der Waals surface area contributed by atoms with Crippen LogP contribution in [0.15, 0.2) is 30.3 Å². The van der Waals surface area contributed by atoms with E-state index in [1.54, 1.807) is 30.5 Å². The molecule has 3 rings (SSSR count). The number of benzene rings is 1. The minimum absolute atomic E-state index is 0.0903. The number of aliphatic carboxylic acids is 1. The van der Waals surface area contributed by atoms with E-state index in [4.69, 9.17) is 4.74 Å². The van der Waals surface area contributed by atoms with Crippen molar-refractivity contribution in [3.63, 3.8) is 0 Å². The van der Waals surface area contributed by atoms with Crippen molar-refractivity contribution >= 4 is 11.9 Å². The van der Waals surface area contributed by atoms with Gasteiger partial charge in [0.25, 0.3) is 5.91 Å². The Labute approximate surface area is 145 Å². The summed E-state index contributed by atoms with van der Waals surface area (Å²) in [5.41, 5.74) is 0.696. The van der Waals surface area contributed by atoms with Gasteiger partial charge in [0.2, 0.25) is 0 Å². The molecule has 2 heterocycles. The summed E-state index contributed by atoms with van der Waals surface area (Å²) in [6.07, 6.45) is -0.844. The number of aromatic nitrogens is 3. The fraction of sp³-hybridized carbons (Fsp3) is 0.412. The van der Waals surface area contributed by atoms with E-state index in [-0.39, 0.29) is 19.0 Å². The van der Waals surface area contributed by atoms with Gasteiger partial charge < -0.3 is 19.3 Å². The Hall–Kier alpha value is -2.74. The third kappa shape index (κ3) is 3.25. The molecular formula is C17H20N4O4. The number of amides is 1. The number of carboxylic acid groups (broad SMARTS) is 1. The number of hydrogen-bond acceptors (Lipinski definition) is 5. The first-order valence-corrected chi connectivity index (χ1v) is 8.11. The highest BCUT2D eigenvalue weighted by molar-refractivity contribution is 5.87. The standard InChI is InChI=1S/C17H20N4O4/c1-3-25-15(12-7-5-4-6-8-12)16(22)21-10-14-19-18-11(2)20(14)9-13(21)17(23)24/h4-8,13,15H,3,9-10H2,1-2H3,(H,23,24). The molecular weight excluding hydrogens is 324 g/mol. The molecule has 0 spiro atoms. The molecule has 8 nitrogen and oxygen atoms in total. The maximum absolute atomic E-state index is 13.1. The van der Waals surface area contributed by atoms with Gasteiger partial charge in [-0.05, 0) is 19.4 Å². The third-order valence-corrected chi connectivity index (χ3v) is 4.28. The van der Waals surface area contributed by atoms with E-state index in [1.807, 2.05) is 18.2 Å². The van der Waals surface area contributed by atoms with Crippen molar-refractivity contribution < 1.29 is 19.4 Å². The summed E-state index contributed by atoms with van der Waals surface area (Å²) in [5, 5.41) is 17.6. The summed E-state index contributed by atoms with van der Waals surface area (Å²) in [7, 11) is 0. The molecule has 1 aliphatic heterocycles. The van der Waals surface area contributed by atoms with Crippen LogP contribution in [0, 0.1) is 6.92 Å². The lowest BCUT2D eigenvalue weighted by Gasteiger charge is -2.35. The van der Waals surface area contributed by atoms with Gasteiger partial charge in [0.1, 0.15) is 11.9 Å². The van der Waals surface area contributed by atoms with Gasteiger partial charge in [-0.3, -0.25) is 4.79 Å². The number of carbonyl (C=O) groups excluding carboxylic acids is 1. The molecule has 1 aromatic carbocycles. The second-order valence-corrected chi connectivity index (χ2v) is 5.84. The zero-order valence-electron chi connectivity index (χ0n) is 14.1. The van der Waals surface area contributed by atoms with Crippen LogP contribution < -0.4 is 0 Å². The largest absolute Gasteiger partial charge is 0.480 e. The summed E-state index contributed by atoms with van der Waals surface area (Å²) in [4.78, 5) is 26.2. The van der Waals surface area contributed by atoms with E-state index < -0.39 is 18.1 Å². The fourth-order valence-electron chi connectivity index (χ4n) is 3.01. The van der Waals surface area contributed by atoms with Gasteiger partial charge in [0.05, 0.1) is 13.1 Å². The van der Waals surface area contributed by atoms with Crippen molar-refractivity contribution in [2.75, 3.05) is 6.61 Å². The molecule has 0 saturated carbocycles. The van der Waals surface area contributed by atoms with Gasteiger partial charge in [-0.25, -0.2) is 4.79 Å². The van der Waals surface area contributed by atoms with Gasteiger partial charge in [0, 0.05) is 6.61 Å². The maximum Gasteiger partial charge on any atom is 0.328 e. The summed E-state index contributed by atoms with van der Waals surface area (Å²) in [5.74, 6) is -0.229. The number of aryl methyl sites for hydroxylation is 1. The van der Waals surface area contributed by atoms with E-state index in [1.165, 1.54) is 4.90 Å². The molecule has 8 heteroatoms. The molecule has 1 amide bonds. The Morgan fingerprint density at radius 3 is 2.68 bits per heavy atom. The maximum atomic E-state index is 13.1. The van der Waals surface area contributed by atoms with Crippen LogP contribution in [0.1, 0.15) is 30.2 Å². The molecule has 0 bridgehead atoms. The normalized spacial score (nSPS) is 17.8. The SMILES string of the molecule is CCOC(C(=O)N1Cc2nnc(C)n2CC1C(=O)O)c1ccccc1. The van der Waals surface area contributed by atoms with Gasteiger partial charge in [-0.1, -0.05) is 30.3 Å². The van der Waals surface area contributed by atoms with Crippen molar-refractivity contribution in [1.82, 2.24) is 19.7 Å². The Morgan fingerprint density at radius 1 is 1.32 bits per heavy atom. The van der Waals surface area contributed by atoms with Crippen molar-refractivity contribution in [2.24, 2.45) is 0 Å². The summed E-state index contributed by atoms with van der Waals surface area (Å²) >= 11 is 0. The average Bonchev–Trinajstić information content (AvgIpc) is 2.99. The predicted molar refractivity (Wildman–Crippen MR) is 87.5 cm³/mol. The molecule has 2 unspecified atom stereocenters. The minimum atomic E-state index is -1.06. The molecule has 132 valence electrons. The molecule has 0 saturated heterocycles. The summed E-state index contributed by atoms with van der Waals surface area (Å²) in [6.45, 7) is 4.12. The zero-order valence-corrected chi connectivity index (χ0v) is 14.1. The topological polar surface area (TPSA) is 97.5 Å². The van der Waals surface area contributed by atoms with Crippen LogP contribution in [-0.4, -0.2) is 49.3 Å². The number of hydrogen-bond donors (Lipinski definition) is 1. The highest BCUT2D eigenvalue weighted by Gasteiger charge is 2.39. The van der Waals surface area contributed by atoms with Crippen LogP contribution in [0.5, 0.6) is 0 Å². The molecule has 0 fully saturated rings. The van der Waals surface area contributed by atoms with Crippen LogP contribution >= 0.6 is 0 Å². The average molecular weight is 344 g/mol. The monoisotopic (exact) mass is 344 g/mol. The van der Waals surface area contributed by atoms with E-state index in [0.717, 1.165) is 0 Å². The zero-order chi connectivity index (χ0) is 18.0. The highest BCUT2D eigenvalue weighted by Crippen LogP contribution is 2.26. The molecule has 1 aliphatic rings. The van der Waals surface area contributed by atoms with Crippen molar-refractivity contribution in [1.29, 1.82) is 0 Å². The van der Waals surface area contributed by atoms with Crippen molar-refractivity contribution in [2.45, 2.75) is 39.1 Å². The summed E-state index contributed by atoms with van der Waals surface area (Å²) in [6, 6.07) is 8.10. The minimum Gasteiger partial charge on any atom is -0.480 e. The first-order chi connectivity index (χ1) is 12.0. The first kappa shape index (κ1) is 17.1. The van der Waals surface area contributed by atoms with Gasteiger partial charge in [0.15, 0.2) is 11.9 Å². The molecule has 1 aromatic heterocycles. The van der Waals surface area contributed by atoms with Crippen LogP contribution in [0.2, 0.25) is 0 Å². The third-order valence-electron chi connectivity index (χ3n) is 4.28. The van der Waals surface area contributed by atoms with Crippen molar-refractivity contribution in [3.8, 4) is 0 Å². The quantitative estimate of drug-likeness (QED) is 0.874. The Kier molecular flexibility index (Phi) is 4.80. The summed E-state index contributed by atoms with van der Waals surface area (Å²) < 4.78 is 7.37. The number of fused-ring (bicyclic) bond motifs is 1. The van der Waals surface area contributed by atoms with Gasteiger partial charge in [-0.2, -0.15) is 0 Å². The highest BCUT2D eigenvalue weighted by atomic mass is 16.5. The van der Waals surface area contributed by atoms with E-state index in [0.29, 0.717) is 23.8 Å². The Morgan fingerprint density at radius 2 is 2.04 bits per heavy atom. The fourth-order valence-corrected chi connectivity index (χ4v) is 3.01. The molecule has 2 aromatic rings. The van der Waals surface area contributed by atoms with Crippen molar-refractivity contribution in [3.05, 3.63) is 47.5 Å².